The van der Waals surface area contributed by atoms with Crippen LogP contribution in [0.15, 0.2) is 18.2 Å². The Balaban J connectivity index is 2.40. The predicted molar refractivity (Wildman–Crippen MR) is 53.0 cm³/mol. The molecule has 3 heteroatoms. The largest absolute Gasteiger partial charge is 0.394 e. The summed E-state index contributed by atoms with van der Waals surface area (Å²) in [5.74, 6) is 0. The maximum Gasteiger partial charge on any atom is 0.0626 e. The number of nitrogens with one attached hydrogen (secondary N) is 1. The van der Waals surface area contributed by atoms with Crippen molar-refractivity contribution in [2.24, 2.45) is 0 Å². The van der Waals surface area contributed by atoms with Crippen molar-refractivity contribution in [1.82, 2.24) is 5.32 Å². The van der Waals surface area contributed by atoms with E-state index in [1.54, 1.807) is 0 Å². The summed E-state index contributed by atoms with van der Waals surface area (Å²) in [6, 6.07) is 5.93. The summed E-state index contributed by atoms with van der Waals surface area (Å²) < 4.78 is 0. The van der Waals surface area contributed by atoms with Crippen molar-refractivity contribution >= 4 is 11.6 Å². The van der Waals surface area contributed by atoms with Gasteiger partial charge < -0.3 is 10.4 Å². The van der Waals surface area contributed by atoms with Crippen LogP contribution >= 0.6 is 11.6 Å². The Morgan fingerprint density at radius 3 is 3.15 bits per heavy atom. The fourth-order valence-electron chi connectivity index (χ4n) is 1.78. The number of rotatable bonds is 1. The molecule has 0 amide bonds. The number of hydrogen-bond acceptors (Lipinski definition) is 2. The second kappa shape index (κ2) is 3.66. The summed E-state index contributed by atoms with van der Waals surface area (Å²) in [6.45, 7) is 1.06. The molecule has 0 spiro atoms. The zero-order valence-corrected chi connectivity index (χ0v) is 8.01. The molecule has 1 atom stereocenters. The lowest BCUT2D eigenvalue weighted by molar-refractivity contribution is 0.240. The summed E-state index contributed by atoms with van der Waals surface area (Å²) in [5, 5.41) is 13.1. The molecule has 1 aliphatic rings. The van der Waals surface area contributed by atoms with Gasteiger partial charge in [-0.2, -0.15) is 0 Å². The second-order valence-electron chi connectivity index (χ2n) is 3.28. The predicted octanol–water partition coefficient (Wildman–Crippen LogP) is 1.52. The molecule has 1 aliphatic heterocycles. The van der Waals surface area contributed by atoms with Gasteiger partial charge in [-0.15, -0.1) is 0 Å². The molecular formula is C10H12ClNO. The number of hydrogen-bond donors (Lipinski definition) is 2. The van der Waals surface area contributed by atoms with Gasteiger partial charge in [-0.3, -0.25) is 0 Å². The van der Waals surface area contributed by atoms with E-state index in [1.807, 2.05) is 18.2 Å². The number of aliphatic hydroxyl groups is 1. The first-order valence-corrected chi connectivity index (χ1v) is 4.81. The lowest BCUT2D eigenvalue weighted by Crippen LogP contribution is -2.31. The molecule has 0 radical (unpaired) electrons. The Bertz CT molecular complexity index is 314. The summed E-state index contributed by atoms with van der Waals surface area (Å²) in [4.78, 5) is 0. The van der Waals surface area contributed by atoms with E-state index in [4.69, 9.17) is 16.7 Å². The molecule has 1 heterocycles. The van der Waals surface area contributed by atoms with Crippen LogP contribution in [0.4, 0.5) is 0 Å². The first-order chi connectivity index (χ1) is 6.31. The number of halogens is 1. The number of fused-ring (bicyclic) bond motifs is 1. The monoisotopic (exact) mass is 197 g/mol. The lowest BCUT2D eigenvalue weighted by atomic mass is 9.95. The molecule has 1 aromatic carbocycles. The van der Waals surface area contributed by atoms with Crippen molar-refractivity contribution in [3.63, 3.8) is 0 Å². The molecule has 0 saturated heterocycles. The van der Waals surface area contributed by atoms with E-state index in [0.717, 1.165) is 18.0 Å². The average Bonchev–Trinajstić information content (AvgIpc) is 2.16. The van der Waals surface area contributed by atoms with Crippen LogP contribution in [0.3, 0.4) is 0 Å². The van der Waals surface area contributed by atoms with Gasteiger partial charge in [-0.25, -0.2) is 0 Å². The first-order valence-electron chi connectivity index (χ1n) is 4.44. The van der Waals surface area contributed by atoms with Crippen molar-refractivity contribution in [2.45, 2.75) is 12.5 Å². The number of benzene rings is 1. The van der Waals surface area contributed by atoms with E-state index in [-0.39, 0.29) is 12.6 Å². The zero-order chi connectivity index (χ0) is 9.26. The Labute approximate surface area is 82.5 Å². The SMILES string of the molecule is OCC1NCCc2cc(Cl)ccc21. The van der Waals surface area contributed by atoms with E-state index < -0.39 is 0 Å². The third kappa shape index (κ3) is 1.70. The van der Waals surface area contributed by atoms with Crippen LogP contribution in [-0.4, -0.2) is 18.3 Å². The third-order valence-corrected chi connectivity index (χ3v) is 2.68. The summed E-state index contributed by atoms with van der Waals surface area (Å²) in [6.07, 6.45) is 0.992. The van der Waals surface area contributed by atoms with E-state index in [9.17, 15) is 0 Å². The van der Waals surface area contributed by atoms with Gasteiger partial charge in [-0.1, -0.05) is 17.7 Å². The zero-order valence-electron chi connectivity index (χ0n) is 7.26. The van der Waals surface area contributed by atoms with Crippen LogP contribution in [0.1, 0.15) is 17.2 Å². The van der Waals surface area contributed by atoms with Gasteiger partial charge in [0.2, 0.25) is 0 Å². The molecule has 0 bridgehead atoms. The molecule has 0 fully saturated rings. The standard InChI is InChI=1S/C10H12ClNO/c11-8-1-2-9-7(5-8)3-4-12-10(9)6-13/h1-2,5,10,12-13H,3-4,6H2. The van der Waals surface area contributed by atoms with Gasteiger partial charge >= 0.3 is 0 Å². The molecule has 1 aromatic rings. The van der Waals surface area contributed by atoms with Crippen LogP contribution in [0, 0.1) is 0 Å². The van der Waals surface area contributed by atoms with Crippen molar-refractivity contribution < 1.29 is 5.11 Å². The maximum absolute atomic E-state index is 9.11. The van der Waals surface area contributed by atoms with Gasteiger partial charge in [0, 0.05) is 5.02 Å². The van der Waals surface area contributed by atoms with Crippen LogP contribution in [0.25, 0.3) is 0 Å². The Kier molecular flexibility index (Phi) is 2.54. The fraction of sp³-hybridized carbons (Fsp3) is 0.400. The molecule has 2 nitrogen and oxygen atoms in total. The lowest BCUT2D eigenvalue weighted by Gasteiger charge is -2.25. The van der Waals surface area contributed by atoms with Crippen molar-refractivity contribution in [2.75, 3.05) is 13.2 Å². The molecule has 0 saturated carbocycles. The Morgan fingerprint density at radius 2 is 2.38 bits per heavy atom. The molecule has 0 aromatic heterocycles. The molecule has 13 heavy (non-hydrogen) atoms. The Morgan fingerprint density at radius 1 is 1.54 bits per heavy atom. The van der Waals surface area contributed by atoms with Gasteiger partial charge in [0.25, 0.3) is 0 Å². The minimum atomic E-state index is 0.0843. The van der Waals surface area contributed by atoms with Crippen molar-refractivity contribution in [1.29, 1.82) is 0 Å². The van der Waals surface area contributed by atoms with Crippen molar-refractivity contribution in [3.05, 3.63) is 34.3 Å². The molecular weight excluding hydrogens is 186 g/mol. The van der Waals surface area contributed by atoms with E-state index in [2.05, 4.69) is 5.32 Å². The molecule has 0 aliphatic carbocycles. The molecule has 1 unspecified atom stereocenters. The first kappa shape index (κ1) is 9.00. The summed E-state index contributed by atoms with van der Waals surface area (Å²) in [5.41, 5.74) is 2.43. The highest BCUT2D eigenvalue weighted by Crippen LogP contribution is 2.25. The second-order valence-corrected chi connectivity index (χ2v) is 3.72. The van der Waals surface area contributed by atoms with E-state index in [0.29, 0.717) is 0 Å². The average molecular weight is 198 g/mol. The number of aliphatic hydroxyl groups excluding tert-OH is 1. The van der Waals surface area contributed by atoms with E-state index in [1.165, 1.54) is 11.1 Å². The van der Waals surface area contributed by atoms with Gasteiger partial charge in [0.05, 0.1) is 12.6 Å². The fourth-order valence-corrected chi connectivity index (χ4v) is 1.98. The highest BCUT2D eigenvalue weighted by molar-refractivity contribution is 6.30. The topological polar surface area (TPSA) is 32.3 Å². The van der Waals surface area contributed by atoms with E-state index >= 15 is 0 Å². The third-order valence-electron chi connectivity index (χ3n) is 2.45. The van der Waals surface area contributed by atoms with Gasteiger partial charge in [-0.05, 0) is 36.2 Å². The van der Waals surface area contributed by atoms with Crippen LogP contribution in [0.5, 0.6) is 0 Å². The summed E-state index contributed by atoms with van der Waals surface area (Å²) >= 11 is 5.88. The highest BCUT2D eigenvalue weighted by atomic mass is 35.5. The smallest absolute Gasteiger partial charge is 0.0626 e. The Hall–Kier alpha value is -0.570. The molecule has 70 valence electrons. The summed E-state index contributed by atoms with van der Waals surface area (Å²) in [7, 11) is 0. The molecule has 2 N–H and O–H groups in total. The van der Waals surface area contributed by atoms with Crippen LogP contribution in [-0.2, 0) is 6.42 Å². The highest BCUT2D eigenvalue weighted by Gasteiger charge is 2.18. The molecule has 2 rings (SSSR count). The normalized spacial score (nSPS) is 21.2. The van der Waals surface area contributed by atoms with Crippen LogP contribution in [0.2, 0.25) is 5.02 Å². The maximum atomic E-state index is 9.11. The van der Waals surface area contributed by atoms with Crippen LogP contribution < -0.4 is 5.32 Å². The van der Waals surface area contributed by atoms with Gasteiger partial charge in [0.15, 0.2) is 0 Å². The minimum absolute atomic E-state index is 0.0843. The van der Waals surface area contributed by atoms with Crippen molar-refractivity contribution in [3.8, 4) is 0 Å². The quantitative estimate of drug-likeness (QED) is 0.716. The van der Waals surface area contributed by atoms with Gasteiger partial charge in [0.1, 0.15) is 0 Å². The minimum Gasteiger partial charge on any atom is -0.394 e.